The molecule has 0 atom stereocenters. The summed E-state index contributed by atoms with van der Waals surface area (Å²) in [5, 5.41) is 3.44. The van der Waals surface area contributed by atoms with Crippen LogP contribution in [0.5, 0.6) is 0 Å². The number of benzene rings is 2. The van der Waals surface area contributed by atoms with Crippen molar-refractivity contribution in [2.75, 3.05) is 16.8 Å². The second kappa shape index (κ2) is 7.82. The molecule has 7 heteroatoms. The molecule has 0 fully saturated rings. The van der Waals surface area contributed by atoms with Crippen LogP contribution in [0.25, 0.3) is 0 Å². The zero-order valence-corrected chi connectivity index (χ0v) is 15.6. The maximum atomic E-state index is 13.1. The van der Waals surface area contributed by atoms with Crippen molar-refractivity contribution in [2.24, 2.45) is 0 Å². The number of nitrogens with zero attached hydrogens (tertiary/aromatic N) is 2. The quantitative estimate of drug-likeness (QED) is 0.715. The van der Waals surface area contributed by atoms with E-state index in [1.165, 1.54) is 36.0 Å². The van der Waals surface area contributed by atoms with Crippen molar-refractivity contribution in [3.8, 4) is 0 Å². The van der Waals surface area contributed by atoms with E-state index in [0.717, 1.165) is 9.92 Å². The molecule has 2 amide bonds. The van der Waals surface area contributed by atoms with Gasteiger partial charge >= 0.3 is 0 Å². The molecule has 4 rings (SSSR count). The molecule has 28 heavy (non-hydrogen) atoms. The summed E-state index contributed by atoms with van der Waals surface area (Å²) in [7, 11) is 0. The number of amides is 2. The zero-order valence-electron chi connectivity index (χ0n) is 14.8. The van der Waals surface area contributed by atoms with Gasteiger partial charge in [0.05, 0.1) is 11.3 Å². The third-order valence-electron chi connectivity index (χ3n) is 4.30. The second-order valence-corrected chi connectivity index (χ2v) is 7.22. The Kier molecular flexibility index (Phi) is 5.08. The minimum Gasteiger partial charge on any atom is -0.326 e. The highest BCUT2D eigenvalue weighted by molar-refractivity contribution is 7.99. The van der Waals surface area contributed by atoms with Crippen molar-refractivity contribution < 1.29 is 14.0 Å². The van der Waals surface area contributed by atoms with Gasteiger partial charge in [0.2, 0.25) is 5.91 Å². The minimum atomic E-state index is -0.367. The number of nitrogens with one attached hydrogen (secondary N) is 1. The Morgan fingerprint density at radius 3 is 2.68 bits per heavy atom. The maximum absolute atomic E-state index is 13.1. The molecule has 0 bridgehead atoms. The van der Waals surface area contributed by atoms with Crippen LogP contribution in [-0.4, -0.2) is 23.3 Å². The smallest absolute Gasteiger partial charge is 0.259 e. The first-order valence-corrected chi connectivity index (χ1v) is 9.52. The van der Waals surface area contributed by atoms with Gasteiger partial charge in [0.15, 0.2) is 0 Å². The molecule has 0 aliphatic carbocycles. The highest BCUT2D eigenvalue weighted by Gasteiger charge is 2.28. The standard InChI is InChI=1S/C21H16FN3O2S/c22-14-7-9-15(10-8-14)24-19(26)11-13-25-17-5-3-12-23-20(17)28-18-6-2-1-4-16(18)21(25)27/h1-10,12H,11,13H2,(H,24,26). The fourth-order valence-corrected chi connectivity index (χ4v) is 3.97. The van der Waals surface area contributed by atoms with Gasteiger partial charge in [-0.05, 0) is 48.5 Å². The Balaban J connectivity index is 1.55. The number of anilines is 2. The lowest BCUT2D eigenvalue weighted by Crippen LogP contribution is -2.34. The van der Waals surface area contributed by atoms with E-state index in [4.69, 9.17) is 0 Å². The topological polar surface area (TPSA) is 62.3 Å². The van der Waals surface area contributed by atoms with Crippen LogP contribution in [0.2, 0.25) is 0 Å². The molecule has 0 saturated heterocycles. The summed E-state index contributed by atoms with van der Waals surface area (Å²) in [6.07, 6.45) is 1.79. The Morgan fingerprint density at radius 1 is 1.07 bits per heavy atom. The monoisotopic (exact) mass is 393 g/mol. The molecule has 0 radical (unpaired) electrons. The zero-order chi connectivity index (χ0) is 19.5. The highest BCUT2D eigenvalue weighted by atomic mass is 32.2. The maximum Gasteiger partial charge on any atom is 0.259 e. The van der Waals surface area contributed by atoms with Gasteiger partial charge in [-0.1, -0.05) is 23.9 Å². The summed E-state index contributed by atoms with van der Waals surface area (Å²) in [6, 6.07) is 16.5. The lowest BCUT2D eigenvalue weighted by atomic mass is 10.1. The molecule has 3 aromatic rings. The van der Waals surface area contributed by atoms with Crippen molar-refractivity contribution in [1.29, 1.82) is 0 Å². The summed E-state index contributed by atoms with van der Waals surface area (Å²) in [4.78, 5) is 32.3. The van der Waals surface area contributed by atoms with Crippen molar-refractivity contribution in [3.63, 3.8) is 0 Å². The summed E-state index contributed by atoms with van der Waals surface area (Å²) in [5.74, 6) is -0.784. The van der Waals surface area contributed by atoms with Gasteiger partial charge in [0.25, 0.3) is 5.91 Å². The number of carbonyl (C=O) groups is 2. The van der Waals surface area contributed by atoms with E-state index in [0.29, 0.717) is 16.9 Å². The van der Waals surface area contributed by atoms with E-state index in [2.05, 4.69) is 10.3 Å². The molecule has 1 N–H and O–H groups in total. The van der Waals surface area contributed by atoms with Gasteiger partial charge in [-0.15, -0.1) is 0 Å². The third-order valence-corrected chi connectivity index (χ3v) is 5.39. The molecule has 0 spiro atoms. The number of rotatable bonds is 4. The van der Waals surface area contributed by atoms with Crippen molar-refractivity contribution >= 4 is 35.0 Å². The molecule has 140 valence electrons. The van der Waals surface area contributed by atoms with Gasteiger partial charge in [-0.2, -0.15) is 0 Å². The molecular formula is C21H16FN3O2S. The number of halogens is 1. The van der Waals surface area contributed by atoms with Gasteiger partial charge in [0.1, 0.15) is 10.8 Å². The molecule has 0 unspecified atom stereocenters. The van der Waals surface area contributed by atoms with Gasteiger partial charge < -0.3 is 10.2 Å². The van der Waals surface area contributed by atoms with E-state index >= 15 is 0 Å². The second-order valence-electron chi connectivity index (χ2n) is 6.19. The number of hydrogen-bond acceptors (Lipinski definition) is 4. The van der Waals surface area contributed by atoms with Crippen LogP contribution < -0.4 is 10.2 Å². The van der Waals surface area contributed by atoms with Crippen LogP contribution in [-0.2, 0) is 4.79 Å². The Morgan fingerprint density at radius 2 is 1.86 bits per heavy atom. The first-order valence-electron chi connectivity index (χ1n) is 8.71. The van der Waals surface area contributed by atoms with E-state index in [1.807, 2.05) is 24.3 Å². The van der Waals surface area contributed by atoms with Crippen LogP contribution in [0.1, 0.15) is 16.8 Å². The Bertz CT molecular complexity index is 1040. The number of aromatic nitrogens is 1. The van der Waals surface area contributed by atoms with E-state index in [-0.39, 0.29) is 30.6 Å². The van der Waals surface area contributed by atoms with Crippen LogP contribution in [0.4, 0.5) is 15.8 Å². The summed E-state index contributed by atoms with van der Waals surface area (Å²) >= 11 is 1.44. The summed E-state index contributed by atoms with van der Waals surface area (Å²) in [6.45, 7) is 0.208. The molecule has 2 aromatic carbocycles. The van der Waals surface area contributed by atoms with Crippen molar-refractivity contribution in [2.45, 2.75) is 16.3 Å². The average molecular weight is 393 g/mol. The largest absolute Gasteiger partial charge is 0.326 e. The van der Waals surface area contributed by atoms with Gasteiger partial charge in [-0.25, -0.2) is 9.37 Å². The first kappa shape index (κ1) is 18.2. The predicted octanol–water partition coefficient (Wildman–Crippen LogP) is 4.36. The molecule has 2 heterocycles. The Labute approximate surface area is 165 Å². The van der Waals surface area contributed by atoms with Crippen molar-refractivity contribution in [3.05, 3.63) is 78.2 Å². The average Bonchev–Trinajstić information content (AvgIpc) is 2.82. The fraction of sp³-hybridized carbons (Fsp3) is 0.0952. The molecule has 1 aliphatic heterocycles. The van der Waals surface area contributed by atoms with E-state index in [9.17, 15) is 14.0 Å². The number of fused-ring (bicyclic) bond motifs is 2. The summed E-state index contributed by atoms with van der Waals surface area (Å²) in [5.41, 5.74) is 1.78. The normalized spacial score (nSPS) is 12.8. The summed E-state index contributed by atoms with van der Waals surface area (Å²) < 4.78 is 13.0. The number of carbonyl (C=O) groups excluding carboxylic acids is 2. The Hall–Kier alpha value is -3.19. The molecule has 0 saturated carbocycles. The number of pyridine rings is 1. The predicted molar refractivity (Wildman–Crippen MR) is 106 cm³/mol. The van der Waals surface area contributed by atoms with Crippen LogP contribution in [0.3, 0.4) is 0 Å². The van der Waals surface area contributed by atoms with Crippen LogP contribution >= 0.6 is 11.8 Å². The van der Waals surface area contributed by atoms with E-state index in [1.54, 1.807) is 23.2 Å². The molecule has 1 aromatic heterocycles. The highest BCUT2D eigenvalue weighted by Crippen LogP contribution is 2.39. The molecule has 5 nitrogen and oxygen atoms in total. The minimum absolute atomic E-state index is 0.101. The van der Waals surface area contributed by atoms with Gasteiger partial charge in [0, 0.05) is 29.7 Å². The fourth-order valence-electron chi connectivity index (χ4n) is 2.95. The first-order chi connectivity index (χ1) is 13.6. The molecule has 1 aliphatic rings. The lowest BCUT2D eigenvalue weighted by molar-refractivity contribution is -0.116. The van der Waals surface area contributed by atoms with Crippen LogP contribution in [0.15, 0.2) is 76.8 Å². The third kappa shape index (κ3) is 3.75. The SMILES string of the molecule is O=C(CCN1C(=O)c2ccccc2Sc2ncccc21)Nc1ccc(F)cc1. The number of hydrogen-bond donors (Lipinski definition) is 1. The van der Waals surface area contributed by atoms with E-state index < -0.39 is 0 Å². The molecular weight excluding hydrogens is 377 g/mol. The lowest BCUT2D eigenvalue weighted by Gasteiger charge is -2.22. The van der Waals surface area contributed by atoms with Gasteiger partial charge in [-0.3, -0.25) is 9.59 Å². The van der Waals surface area contributed by atoms with Crippen molar-refractivity contribution in [1.82, 2.24) is 4.98 Å². The van der Waals surface area contributed by atoms with Crippen LogP contribution in [0, 0.1) is 5.82 Å².